The van der Waals surface area contributed by atoms with E-state index in [2.05, 4.69) is 72.8 Å². The first-order valence-corrected chi connectivity index (χ1v) is 10.9. The number of aromatic hydroxyl groups is 1. The molecule has 0 amide bonds. The van der Waals surface area contributed by atoms with Crippen LogP contribution in [0.2, 0.25) is 0 Å². The van der Waals surface area contributed by atoms with Crippen molar-refractivity contribution in [3.8, 4) is 5.75 Å². The molecular weight excluding hydrogens is 392 g/mol. The van der Waals surface area contributed by atoms with E-state index in [0.29, 0.717) is 0 Å². The van der Waals surface area contributed by atoms with E-state index in [1.165, 1.54) is 53.9 Å². The first-order chi connectivity index (χ1) is 15.6. The number of benzene rings is 7. The maximum atomic E-state index is 9.03. The van der Waals surface area contributed by atoms with Gasteiger partial charge < -0.3 is 10.2 Å². The van der Waals surface area contributed by atoms with Gasteiger partial charge in [0.25, 0.3) is 0 Å². The molecule has 2 heteroatoms. The van der Waals surface area contributed by atoms with Crippen LogP contribution in [0.3, 0.4) is 0 Å². The molecule has 0 bridgehead atoms. The van der Waals surface area contributed by atoms with Crippen molar-refractivity contribution in [2.45, 2.75) is 13.0 Å². The molecule has 0 aromatic heterocycles. The molecule has 0 heterocycles. The van der Waals surface area contributed by atoms with Gasteiger partial charge in [0, 0.05) is 0 Å². The van der Waals surface area contributed by atoms with Crippen LogP contribution in [0.15, 0.2) is 97.1 Å². The molecule has 2 nitrogen and oxygen atoms in total. The zero-order chi connectivity index (χ0) is 21.8. The summed E-state index contributed by atoms with van der Waals surface area (Å²) in [5, 5.41) is 31.7. The molecule has 32 heavy (non-hydrogen) atoms. The molecule has 0 saturated heterocycles. The van der Waals surface area contributed by atoms with Crippen molar-refractivity contribution in [2.75, 3.05) is 0 Å². The summed E-state index contributed by atoms with van der Waals surface area (Å²) < 4.78 is 0. The average Bonchev–Trinajstić information content (AvgIpc) is 2.83. The molecule has 0 aliphatic rings. The van der Waals surface area contributed by atoms with E-state index < -0.39 is 6.10 Å². The quantitative estimate of drug-likeness (QED) is 0.213. The molecule has 0 radical (unpaired) electrons. The first-order valence-electron chi connectivity index (χ1n) is 10.9. The molecule has 0 aliphatic carbocycles. The average molecular weight is 415 g/mol. The second kappa shape index (κ2) is 7.08. The highest BCUT2D eigenvalue weighted by Gasteiger charge is 2.15. The minimum atomic E-state index is -0.458. The monoisotopic (exact) mass is 414 g/mol. The Morgan fingerprint density at radius 1 is 0.500 bits per heavy atom. The molecule has 7 rings (SSSR count). The Kier molecular flexibility index (Phi) is 4.17. The summed E-state index contributed by atoms with van der Waals surface area (Å²) in [4.78, 5) is 0. The van der Waals surface area contributed by atoms with Gasteiger partial charge >= 0.3 is 0 Å². The molecule has 7 aromatic rings. The number of phenols is 1. The van der Waals surface area contributed by atoms with Gasteiger partial charge in [0.15, 0.2) is 0 Å². The highest BCUT2D eigenvalue weighted by atomic mass is 16.3. The van der Waals surface area contributed by atoms with Gasteiger partial charge in [-0.3, -0.25) is 0 Å². The summed E-state index contributed by atoms with van der Waals surface area (Å²) in [7, 11) is 0. The van der Waals surface area contributed by atoms with E-state index in [-0.39, 0.29) is 5.75 Å². The lowest BCUT2D eigenvalue weighted by molar-refractivity contribution is 0.199. The highest BCUT2D eigenvalue weighted by molar-refractivity contribution is 6.39. The Morgan fingerprint density at radius 3 is 1.31 bits per heavy atom. The minimum Gasteiger partial charge on any atom is -0.508 e. The number of rotatable bonds is 1. The third kappa shape index (κ3) is 2.77. The fourth-order valence-corrected chi connectivity index (χ4v) is 4.99. The van der Waals surface area contributed by atoms with Crippen LogP contribution in [0, 0.1) is 0 Å². The fourth-order valence-electron chi connectivity index (χ4n) is 4.99. The molecule has 1 unspecified atom stereocenters. The van der Waals surface area contributed by atoms with Gasteiger partial charge in [0.2, 0.25) is 0 Å². The Balaban J connectivity index is 0.000000167. The number of aliphatic hydroxyl groups excluding tert-OH is 1. The van der Waals surface area contributed by atoms with Crippen LogP contribution in [-0.4, -0.2) is 10.2 Å². The van der Waals surface area contributed by atoms with Gasteiger partial charge in [-0.15, -0.1) is 0 Å². The summed E-state index contributed by atoms with van der Waals surface area (Å²) in [6.07, 6.45) is -0.458. The predicted molar refractivity (Wildman–Crippen MR) is 135 cm³/mol. The third-order valence-electron chi connectivity index (χ3n) is 6.51. The lowest BCUT2D eigenvalue weighted by atomic mass is 9.86. The van der Waals surface area contributed by atoms with E-state index in [1.54, 1.807) is 31.2 Å². The lowest BCUT2D eigenvalue weighted by Gasteiger charge is -2.17. The van der Waals surface area contributed by atoms with Crippen LogP contribution in [0.25, 0.3) is 53.9 Å². The van der Waals surface area contributed by atoms with Crippen molar-refractivity contribution in [3.05, 3.63) is 103 Å². The molecule has 2 N–H and O–H groups in total. The first kappa shape index (κ1) is 18.9. The van der Waals surface area contributed by atoms with E-state index in [9.17, 15) is 0 Å². The van der Waals surface area contributed by atoms with E-state index in [4.69, 9.17) is 10.2 Å². The van der Waals surface area contributed by atoms with Crippen LogP contribution < -0.4 is 0 Å². The van der Waals surface area contributed by atoms with Crippen LogP contribution in [0.1, 0.15) is 18.6 Å². The normalized spacial score (nSPS) is 12.7. The second-order valence-corrected chi connectivity index (χ2v) is 8.47. The van der Waals surface area contributed by atoms with Crippen molar-refractivity contribution < 1.29 is 10.2 Å². The van der Waals surface area contributed by atoms with Gasteiger partial charge in [0.05, 0.1) is 6.10 Å². The summed E-state index contributed by atoms with van der Waals surface area (Å²) >= 11 is 0. The van der Waals surface area contributed by atoms with Crippen LogP contribution in [0.5, 0.6) is 5.75 Å². The smallest absolute Gasteiger partial charge is 0.115 e. The summed E-state index contributed by atoms with van der Waals surface area (Å²) in [6, 6.07) is 33.4. The molecule has 1 atom stereocenters. The zero-order valence-electron chi connectivity index (χ0n) is 17.7. The standard InChI is InChI=1S/C22H12.C8H10O2/c1-3-13-7-9-15-11-12-16-10-8-14-4-2-6-18-17(5-1)19(13)21(15)22(16)20(14)18;1-6(9)7-2-4-8(10)5-3-7/h1-12H;2-6,9-10H,1H3. The largest absolute Gasteiger partial charge is 0.508 e. The van der Waals surface area contributed by atoms with Crippen molar-refractivity contribution in [3.63, 3.8) is 0 Å². The number of hydrogen-bond donors (Lipinski definition) is 2. The van der Waals surface area contributed by atoms with Crippen molar-refractivity contribution in [2.24, 2.45) is 0 Å². The van der Waals surface area contributed by atoms with Crippen LogP contribution in [0.4, 0.5) is 0 Å². The minimum absolute atomic E-state index is 0.226. The topological polar surface area (TPSA) is 40.5 Å². The number of phenolic OH excluding ortho intramolecular Hbond substituents is 1. The molecule has 0 fully saturated rings. The van der Waals surface area contributed by atoms with Gasteiger partial charge in [-0.2, -0.15) is 0 Å². The second-order valence-electron chi connectivity index (χ2n) is 8.47. The molecule has 0 aliphatic heterocycles. The van der Waals surface area contributed by atoms with E-state index in [1.807, 2.05) is 0 Å². The van der Waals surface area contributed by atoms with Gasteiger partial charge in [-0.05, 0) is 78.5 Å². The predicted octanol–water partition coefficient (Wildman–Crippen LogP) is 7.77. The Bertz CT molecular complexity index is 1580. The van der Waals surface area contributed by atoms with Crippen LogP contribution >= 0.6 is 0 Å². The molecule has 7 aromatic carbocycles. The maximum absolute atomic E-state index is 9.03. The Morgan fingerprint density at radius 2 is 0.906 bits per heavy atom. The lowest BCUT2D eigenvalue weighted by Crippen LogP contribution is -1.89. The maximum Gasteiger partial charge on any atom is 0.115 e. The van der Waals surface area contributed by atoms with Crippen molar-refractivity contribution >= 4 is 53.9 Å². The van der Waals surface area contributed by atoms with E-state index in [0.717, 1.165) is 5.56 Å². The van der Waals surface area contributed by atoms with Gasteiger partial charge in [-0.1, -0.05) is 84.9 Å². The fraction of sp³-hybridized carbons (Fsp3) is 0.0667. The molecule has 0 spiro atoms. The third-order valence-corrected chi connectivity index (χ3v) is 6.51. The van der Waals surface area contributed by atoms with Crippen LogP contribution in [-0.2, 0) is 0 Å². The Labute approximate surface area is 185 Å². The molecular formula is C30H22O2. The number of fused-ring (bicyclic) bond motifs is 1. The van der Waals surface area contributed by atoms with Gasteiger partial charge in [0.1, 0.15) is 5.75 Å². The summed E-state index contributed by atoms with van der Waals surface area (Å²) in [6.45, 7) is 1.69. The summed E-state index contributed by atoms with van der Waals surface area (Å²) in [5.74, 6) is 0.226. The zero-order valence-corrected chi connectivity index (χ0v) is 17.7. The SMILES string of the molecule is CC(O)c1ccc(O)cc1.c1cc2ccc3ccc4ccc5cccc6c(c1)c2c3c4c56. The molecule has 0 saturated carbocycles. The van der Waals surface area contributed by atoms with Crippen molar-refractivity contribution in [1.29, 1.82) is 0 Å². The Hall–Kier alpha value is -3.88. The summed E-state index contributed by atoms with van der Waals surface area (Å²) in [5.41, 5.74) is 0.817. The van der Waals surface area contributed by atoms with Crippen molar-refractivity contribution in [1.82, 2.24) is 0 Å². The molecule has 154 valence electrons. The number of hydrogen-bond acceptors (Lipinski definition) is 2. The number of aliphatic hydroxyl groups is 1. The van der Waals surface area contributed by atoms with E-state index >= 15 is 0 Å². The van der Waals surface area contributed by atoms with Gasteiger partial charge in [-0.25, -0.2) is 0 Å². The highest BCUT2D eigenvalue weighted by Crippen LogP contribution is 2.44.